The Bertz CT molecular complexity index is 945. The molecule has 0 saturated carbocycles. The molecule has 0 aromatic heterocycles. The van der Waals surface area contributed by atoms with Crippen molar-refractivity contribution in [1.29, 1.82) is 0 Å². The fourth-order valence-electron chi connectivity index (χ4n) is 3.07. The van der Waals surface area contributed by atoms with Gasteiger partial charge in [0.2, 0.25) is 15.9 Å². The molecule has 6 nitrogen and oxygen atoms in total. The molecule has 1 aliphatic rings. The Morgan fingerprint density at radius 1 is 1.22 bits per heavy atom. The first-order valence-corrected chi connectivity index (χ1v) is 10.4. The van der Waals surface area contributed by atoms with Crippen LogP contribution in [0.15, 0.2) is 47.4 Å². The fourth-order valence-corrected chi connectivity index (χ4v) is 4.91. The third-order valence-corrected chi connectivity index (χ3v) is 6.94. The van der Waals surface area contributed by atoms with Crippen LogP contribution in [0, 0.1) is 6.92 Å². The molecule has 1 amide bonds. The molecule has 1 N–H and O–H groups in total. The Labute approximate surface area is 164 Å². The molecule has 0 bridgehead atoms. The highest BCUT2D eigenvalue weighted by Crippen LogP contribution is 2.28. The van der Waals surface area contributed by atoms with Crippen molar-refractivity contribution in [2.75, 3.05) is 19.0 Å². The Morgan fingerprint density at radius 3 is 2.56 bits per heavy atom. The van der Waals surface area contributed by atoms with Gasteiger partial charge in [0.1, 0.15) is 11.8 Å². The number of carbonyl (C=O) groups excluding carboxylic acids is 1. The molecule has 8 heteroatoms. The van der Waals surface area contributed by atoms with Crippen LogP contribution in [-0.2, 0) is 14.8 Å². The number of anilines is 1. The summed E-state index contributed by atoms with van der Waals surface area (Å²) in [4.78, 5) is 12.9. The van der Waals surface area contributed by atoms with Crippen molar-refractivity contribution in [3.63, 3.8) is 0 Å². The van der Waals surface area contributed by atoms with Gasteiger partial charge >= 0.3 is 0 Å². The Hall–Kier alpha value is -2.09. The highest BCUT2D eigenvalue weighted by molar-refractivity contribution is 7.89. The van der Waals surface area contributed by atoms with Crippen LogP contribution in [0.4, 0.5) is 5.69 Å². The Balaban J connectivity index is 1.80. The van der Waals surface area contributed by atoms with Crippen molar-refractivity contribution in [3.8, 4) is 5.75 Å². The van der Waals surface area contributed by atoms with Crippen LogP contribution >= 0.6 is 11.6 Å². The lowest BCUT2D eigenvalue weighted by Crippen LogP contribution is -2.43. The predicted octanol–water partition coefficient (Wildman–Crippen LogP) is 3.45. The molecule has 2 aromatic carbocycles. The summed E-state index contributed by atoms with van der Waals surface area (Å²) in [7, 11) is -2.26. The van der Waals surface area contributed by atoms with Gasteiger partial charge in [-0.25, -0.2) is 8.42 Å². The van der Waals surface area contributed by atoms with E-state index in [0.717, 1.165) is 5.56 Å². The van der Waals surface area contributed by atoms with Crippen LogP contribution < -0.4 is 10.1 Å². The molecule has 0 aliphatic carbocycles. The number of methoxy groups -OCH3 is 1. The zero-order valence-electron chi connectivity index (χ0n) is 15.1. The molecule has 0 spiro atoms. The van der Waals surface area contributed by atoms with E-state index in [4.69, 9.17) is 16.3 Å². The SMILES string of the molecule is COc1ccc(S(=O)(=O)N2CCC[C@@H]2C(=O)Nc2ccc(C)c(Cl)c2)cc1. The second-order valence-electron chi connectivity index (χ2n) is 6.40. The van der Waals surface area contributed by atoms with E-state index in [2.05, 4.69) is 5.32 Å². The summed E-state index contributed by atoms with van der Waals surface area (Å²) in [6, 6.07) is 10.6. The van der Waals surface area contributed by atoms with Crippen LogP contribution in [0.3, 0.4) is 0 Å². The average Bonchev–Trinajstić information content (AvgIpc) is 3.16. The number of hydrogen-bond donors (Lipinski definition) is 1. The number of rotatable bonds is 5. The van der Waals surface area contributed by atoms with Crippen molar-refractivity contribution >= 4 is 33.2 Å². The molecule has 27 heavy (non-hydrogen) atoms. The van der Waals surface area contributed by atoms with Crippen LogP contribution in [0.2, 0.25) is 5.02 Å². The van der Waals surface area contributed by atoms with E-state index < -0.39 is 16.1 Å². The van der Waals surface area contributed by atoms with Crippen LogP contribution in [0.25, 0.3) is 0 Å². The van der Waals surface area contributed by atoms with Crippen molar-refractivity contribution in [2.45, 2.75) is 30.7 Å². The van der Waals surface area contributed by atoms with E-state index in [9.17, 15) is 13.2 Å². The zero-order valence-corrected chi connectivity index (χ0v) is 16.7. The molecular formula is C19H21ClN2O4S. The molecule has 144 valence electrons. The lowest BCUT2D eigenvalue weighted by atomic mass is 10.2. The number of hydrogen-bond acceptors (Lipinski definition) is 4. The van der Waals surface area contributed by atoms with Gasteiger partial charge in [0.05, 0.1) is 12.0 Å². The summed E-state index contributed by atoms with van der Waals surface area (Å²) in [6.07, 6.45) is 1.10. The predicted molar refractivity (Wildman–Crippen MR) is 105 cm³/mol. The molecular weight excluding hydrogens is 388 g/mol. The van der Waals surface area contributed by atoms with Gasteiger partial charge in [0, 0.05) is 17.3 Å². The number of nitrogens with one attached hydrogen (secondary N) is 1. The molecule has 0 unspecified atom stereocenters. The highest BCUT2D eigenvalue weighted by Gasteiger charge is 2.39. The Kier molecular flexibility index (Phi) is 5.74. The molecule has 1 saturated heterocycles. The molecule has 0 radical (unpaired) electrons. The minimum Gasteiger partial charge on any atom is -0.497 e. The summed E-state index contributed by atoms with van der Waals surface area (Å²) >= 11 is 6.10. The van der Waals surface area contributed by atoms with Gasteiger partial charge < -0.3 is 10.1 Å². The van der Waals surface area contributed by atoms with E-state index in [1.807, 2.05) is 6.92 Å². The number of nitrogens with zero attached hydrogens (tertiary/aromatic N) is 1. The quantitative estimate of drug-likeness (QED) is 0.822. The summed E-state index contributed by atoms with van der Waals surface area (Å²) in [6.45, 7) is 2.18. The third kappa shape index (κ3) is 4.10. The first-order valence-electron chi connectivity index (χ1n) is 8.56. The van der Waals surface area contributed by atoms with Crippen molar-refractivity contribution in [1.82, 2.24) is 4.31 Å². The maximum absolute atomic E-state index is 13.0. The van der Waals surface area contributed by atoms with Gasteiger partial charge in [-0.05, 0) is 61.7 Å². The van der Waals surface area contributed by atoms with E-state index >= 15 is 0 Å². The number of sulfonamides is 1. The Morgan fingerprint density at radius 2 is 1.93 bits per heavy atom. The highest BCUT2D eigenvalue weighted by atomic mass is 35.5. The van der Waals surface area contributed by atoms with Crippen molar-refractivity contribution < 1.29 is 17.9 Å². The molecule has 1 fully saturated rings. The number of aryl methyl sites for hydroxylation is 1. The zero-order chi connectivity index (χ0) is 19.6. The van der Waals surface area contributed by atoms with Crippen LogP contribution in [0.1, 0.15) is 18.4 Å². The van der Waals surface area contributed by atoms with Crippen molar-refractivity contribution in [3.05, 3.63) is 53.1 Å². The lowest BCUT2D eigenvalue weighted by molar-refractivity contribution is -0.119. The van der Waals surface area contributed by atoms with Gasteiger partial charge in [-0.2, -0.15) is 4.31 Å². The maximum atomic E-state index is 13.0. The van der Waals surface area contributed by atoms with Gasteiger partial charge in [0.15, 0.2) is 0 Å². The second-order valence-corrected chi connectivity index (χ2v) is 8.70. The standard InChI is InChI=1S/C19H21ClN2O4S/c1-13-5-6-14(12-17(13)20)21-19(23)18-4-3-11-22(18)27(24,25)16-9-7-15(26-2)8-10-16/h5-10,12,18H,3-4,11H2,1-2H3,(H,21,23)/t18-/m1/s1. The summed E-state index contributed by atoms with van der Waals surface area (Å²) in [5.41, 5.74) is 1.45. The third-order valence-electron chi connectivity index (χ3n) is 4.61. The first kappa shape index (κ1) is 19.7. The molecule has 1 heterocycles. The molecule has 3 rings (SSSR count). The maximum Gasteiger partial charge on any atom is 0.243 e. The van der Waals surface area contributed by atoms with Crippen molar-refractivity contribution in [2.24, 2.45) is 0 Å². The summed E-state index contributed by atoms with van der Waals surface area (Å²) in [5.74, 6) is 0.213. The summed E-state index contributed by atoms with van der Waals surface area (Å²) < 4.78 is 32.3. The minimum absolute atomic E-state index is 0.140. The first-order chi connectivity index (χ1) is 12.8. The normalized spacial score (nSPS) is 17.7. The number of ether oxygens (including phenoxy) is 1. The van der Waals surface area contributed by atoms with Crippen LogP contribution in [-0.4, -0.2) is 38.3 Å². The smallest absolute Gasteiger partial charge is 0.243 e. The van der Waals surface area contributed by atoms with E-state index in [1.54, 1.807) is 30.3 Å². The summed E-state index contributed by atoms with van der Waals surface area (Å²) in [5, 5.41) is 3.32. The number of carbonyl (C=O) groups is 1. The number of amides is 1. The monoisotopic (exact) mass is 408 g/mol. The molecule has 2 aromatic rings. The fraction of sp³-hybridized carbons (Fsp3) is 0.316. The lowest BCUT2D eigenvalue weighted by Gasteiger charge is -2.23. The number of benzene rings is 2. The largest absolute Gasteiger partial charge is 0.497 e. The van der Waals surface area contributed by atoms with Gasteiger partial charge in [-0.1, -0.05) is 17.7 Å². The van der Waals surface area contributed by atoms with E-state index in [1.165, 1.54) is 23.5 Å². The molecule has 1 atom stereocenters. The van der Waals surface area contributed by atoms with E-state index in [0.29, 0.717) is 35.8 Å². The van der Waals surface area contributed by atoms with E-state index in [-0.39, 0.29) is 10.8 Å². The van der Waals surface area contributed by atoms with Gasteiger partial charge in [-0.3, -0.25) is 4.79 Å². The van der Waals surface area contributed by atoms with Gasteiger partial charge in [-0.15, -0.1) is 0 Å². The second kappa shape index (κ2) is 7.88. The molecule has 1 aliphatic heterocycles. The number of halogens is 1. The van der Waals surface area contributed by atoms with Gasteiger partial charge in [0.25, 0.3) is 0 Å². The average molecular weight is 409 g/mol. The topological polar surface area (TPSA) is 75.7 Å². The minimum atomic E-state index is -3.77. The van der Waals surface area contributed by atoms with Crippen LogP contribution in [0.5, 0.6) is 5.75 Å².